The SMILES string of the molecule is CC(=O)N(CCC(=O)NCc1ccccc1F)C(C)C. The second kappa shape index (κ2) is 7.62. The number of hydrogen-bond donors (Lipinski definition) is 1. The molecular weight excluding hydrogens is 259 g/mol. The zero-order valence-corrected chi connectivity index (χ0v) is 12.1. The van der Waals surface area contributed by atoms with Crippen molar-refractivity contribution in [1.82, 2.24) is 10.2 Å². The van der Waals surface area contributed by atoms with Crippen LogP contribution in [-0.2, 0) is 16.1 Å². The van der Waals surface area contributed by atoms with Crippen molar-refractivity contribution in [2.75, 3.05) is 6.54 Å². The van der Waals surface area contributed by atoms with Gasteiger partial charge in [0.2, 0.25) is 11.8 Å². The van der Waals surface area contributed by atoms with Crippen LogP contribution in [0.2, 0.25) is 0 Å². The van der Waals surface area contributed by atoms with E-state index in [-0.39, 0.29) is 36.6 Å². The molecule has 0 unspecified atom stereocenters. The largest absolute Gasteiger partial charge is 0.352 e. The second-order valence-corrected chi connectivity index (χ2v) is 4.92. The number of carbonyl (C=O) groups excluding carboxylic acids is 2. The molecule has 0 fully saturated rings. The molecule has 4 nitrogen and oxygen atoms in total. The summed E-state index contributed by atoms with van der Waals surface area (Å²) in [5.41, 5.74) is 0.452. The van der Waals surface area contributed by atoms with Crippen molar-refractivity contribution in [3.63, 3.8) is 0 Å². The van der Waals surface area contributed by atoms with Crippen molar-refractivity contribution in [2.24, 2.45) is 0 Å². The average molecular weight is 280 g/mol. The minimum absolute atomic E-state index is 0.0538. The Kier molecular flexibility index (Phi) is 6.15. The normalized spacial score (nSPS) is 10.4. The number of halogens is 1. The molecule has 0 saturated heterocycles. The second-order valence-electron chi connectivity index (χ2n) is 4.92. The molecule has 0 radical (unpaired) electrons. The van der Waals surface area contributed by atoms with E-state index in [0.29, 0.717) is 12.1 Å². The number of carbonyl (C=O) groups is 2. The average Bonchev–Trinajstić information content (AvgIpc) is 2.37. The van der Waals surface area contributed by atoms with Crippen LogP contribution in [0, 0.1) is 5.82 Å². The highest BCUT2D eigenvalue weighted by Crippen LogP contribution is 2.06. The van der Waals surface area contributed by atoms with Gasteiger partial charge in [0, 0.05) is 38.0 Å². The summed E-state index contributed by atoms with van der Waals surface area (Å²) in [6.45, 7) is 5.82. The molecule has 20 heavy (non-hydrogen) atoms. The van der Waals surface area contributed by atoms with Crippen LogP contribution in [0.5, 0.6) is 0 Å². The molecule has 0 atom stereocenters. The van der Waals surface area contributed by atoms with Gasteiger partial charge in [0.05, 0.1) is 0 Å². The number of benzene rings is 1. The van der Waals surface area contributed by atoms with Crippen LogP contribution in [0.25, 0.3) is 0 Å². The lowest BCUT2D eigenvalue weighted by Gasteiger charge is -2.24. The zero-order valence-electron chi connectivity index (χ0n) is 12.1. The number of amides is 2. The molecule has 0 heterocycles. The van der Waals surface area contributed by atoms with E-state index in [1.807, 2.05) is 13.8 Å². The summed E-state index contributed by atoms with van der Waals surface area (Å²) in [7, 11) is 0. The quantitative estimate of drug-likeness (QED) is 0.867. The Morgan fingerprint density at radius 2 is 1.95 bits per heavy atom. The number of nitrogens with one attached hydrogen (secondary N) is 1. The van der Waals surface area contributed by atoms with Crippen molar-refractivity contribution in [1.29, 1.82) is 0 Å². The smallest absolute Gasteiger partial charge is 0.222 e. The minimum atomic E-state index is -0.333. The molecule has 0 aliphatic heterocycles. The molecule has 0 saturated carbocycles. The lowest BCUT2D eigenvalue weighted by molar-refractivity contribution is -0.131. The molecule has 5 heteroatoms. The Balaban J connectivity index is 2.41. The third-order valence-corrected chi connectivity index (χ3v) is 3.04. The van der Waals surface area contributed by atoms with Crippen LogP contribution in [0.1, 0.15) is 32.8 Å². The molecule has 2 amide bonds. The van der Waals surface area contributed by atoms with E-state index in [4.69, 9.17) is 0 Å². The van der Waals surface area contributed by atoms with E-state index in [0.717, 1.165) is 0 Å². The molecule has 110 valence electrons. The van der Waals surface area contributed by atoms with Gasteiger partial charge in [0.1, 0.15) is 5.82 Å². The van der Waals surface area contributed by atoms with Gasteiger partial charge in [0.25, 0.3) is 0 Å². The maximum absolute atomic E-state index is 13.4. The van der Waals surface area contributed by atoms with Crippen LogP contribution in [0.3, 0.4) is 0 Å². The van der Waals surface area contributed by atoms with Gasteiger partial charge in [0.15, 0.2) is 0 Å². The predicted molar refractivity (Wildman–Crippen MR) is 75.4 cm³/mol. The van der Waals surface area contributed by atoms with Crippen molar-refractivity contribution in [3.05, 3.63) is 35.6 Å². The first kappa shape index (κ1) is 16.1. The predicted octanol–water partition coefficient (Wildman–Crippen LogP) is 2.09. The van der Waals surface area contributed by atoms with Gasteiger partial charge in [-0.3, -0.25) is 9.59 Å². The van der Waals surface area contributed by atoms with Gasteiger partial charge in [-0.15, -0.1) is 0 Å². The van der Waals surface area contributed by atoms with Crippen molar-refractivity contribution in [2.45, 2.75) is 39.8 Å². The van der Waals surface area contributed by atoms with E-state index in [2.05, 4.69) is 5.32 Å². The van der Waals surface area contributed by atoms with E-state index >= 15 is 0 Å². The highest BCUT2D eigenvalue weighted by atomic mass is 19.1. The lowest BCUT2D eigenvalue weighted by atomic mass is 10.2. The molecule has 0 aliphatic rings. The fourth-order valence-corrected chi connectivity index (χ4v) is 1.93. The third-order valence-electron chi connectivity index (χ3n) is 3.04. The van der Waals surface area contributed by atoms with E-state index < -0.39 is 0 Å². The Labute approximate surface area is 119 Å². The van der Waals surface area contributed by atoms with Crippen LogP contribution in [0.4, 0.5) is 4.39 Å². The highest BCUT2D eigenvalue weighted by Gasteiger charge is 2.14. The van der Waals surface area contributed by atoms with E-state index in [1.54, 1.807) is 23.1 Å². The Morgan fingerprint density at radius 3 is 2.50 bits per heavy atom. The maximum atomic E-state index is 13.4. The van der Waals surface area contributed by atoms with E-state index in [1.165, 1.54) is 13.0 Å². The number of rotatable bonds is 6. The maximum Gasteiger partial charge on any atom is 0.222 e. The Bertz CT molecular complexity index is 475. The molecule has 1 aromatic rings. The van der Waals surface area contributed by atoms with Gasteiger partial charge >= 0.3 is 0 Å². The number of nitrogens with zero attached hydrogens (tertiary/aromatic N) is 1. The van der Waals surface area contributed by atoms with Crippen LogP contribution in [0.15, 0.2) is 24.3 Å². The summed E-state index contributed by atoms with van der Waals surface area (Å²) < 4.78 is 13.4. The molecule has 0 aromatic heterocycles. The van der Waals surface area contributed by atoms with Crippen LogP contribution >= 0.6 is 0 Å². The minimum Gasteiger partial charge on any atom is -0.352 e. The molecule has 1 aromatic carbocycles. The Hall–Kier alpha value is -1.91. The van der Waals surface area contributed by atoms with Crippen LogP contribution in [-0.4, -0.2) is 29.3 Å². The van der Waals surface area contributed by atoms with Crippen LogP contribution < -0.4 is 5.32 Å². The van der Waals surface area contributed by atoms with Gasteiger partial charge in [-0.1, -0.05) is 18.2 Å². The summed E-state index contributed by atoms with van der Waals surface area (Å²) in [5, 5.41) is 2.66. The molecule has 0 spiro atoms. The topological polar surface area (TPSA) is 49.4 Å². The fraction of sp³-hybridized carbons (Fsp3) is 0.467. The molecule has 1 rings (SSSR count). The van der Waals surface area contributed by atoms with Crippen molar-refractivity contribution < 1.29 is 14.0 Å². The first-order valence-electron chi connectivity index (χ1n) is 6.69. The summed E-state index contributed by atoms with van der Waals surface area (Å²) in [4.78, 5) is 24.7. The molecule has 0 bridgehead atoms. The first-order valence-corrected chi connectivity index (χ1v) is 6.69. The summed E-state index contributed by atoms with van der Waals surface area (Å²) in [5.74, 6) is -0.581. The van der Waals surface area contributed by atoms with Gasteiger partial charge < -0.3 is 10.2 Å². The van der Waals surface area contributed by atoms with Crippen molar-refractivity contribution >= 4 is 11.8 Å². The van der Waals surface area contributed by atoms with Gasteiger partial charge in [-0.05, 0) is 19.9 Å². The monoisotopic (exact) mass is 280 g/mol. The van der Waals surface area contributed by atoms with Gasteiger partial charge in [-0.25, -0.2) is 4.39 Å². The molecule has 0 aliphatic carbocycles. The summed E-state index contributed by atoms with van der Waals surface area (Å²) in [6, 6.07) is 6.38. The first-order chi connectivity index (χ1) is 9.41. The standard InChI is InChI=1S/C15H21FN2O2/c1-11(2)18(12(3)19)9-8-15(20)17-10-13-6-4-5-7-14(13)16/h4-7,11H,8-10H2,1-3H3,(H,17,20). The summed E-state index contributed by atoms with van der Waals surface area (Å²) >= 11 is 0. The van der Waals surface area contributed by atoms with E-state index in [9.17, 15) is 14.0 Å². The lowest BCUT2D eigenvalue weighted by Crippen LogP contribution is -2.38. The van der Waals surface area contributed by atoms with Gasteiger partial charge in [-0.2, -0.15) is 0 Å². The molecule has 1 N–H and O–H groups in total. The summed E-state index contributed by atoms with van der Waals surface area (Å²) in [6.07, 6.45) is 0.214. The zero-order chi connectivity index (χ0) is 15.1. The Morgan fingerprint density at radius 1 is 1.30 bits per heavy atom. The van der Waals surface area contributed by atoms with Crippen molar-refractivity contribution in [3.8, 4) is 0 Å². The highest BCUT2D eigenvalue weighted by molar-refractivity contribution is 5.78. The third kappa shape index (κ3) is 4.99. The fourth-order valence-electron chi connectivity index (χ4n) is 1.93. The number of hydrogen-bond acceptors (Lipinski definition) is 2. The molecular formula is C15H21FN2O2.